The van der Waals surface area contributed by atoms with E-state index in [2.05, 4.69) is 15.2 Å². The quantitative estimate of drug-likeness (QED) is 0.430. The Kier molecular flexibility index (Phi) is 4.00. The zero-order valence-electron chi connectivity index (χ0n) is 12.8. The summed E-state index contributed by atoms with van der Waals surface area (Å²) in [7, 11) is 1.53. The number of nitrogens with two attached hydrogens (primary N) is 1. The van der Waals surface area contributed by atoms with Gasteiger partial charge in [0.2, 0.25) is 0 Å². The molecule has 2 heterocycles. The Labute approximate surface area is 126 Å². The number of fused-ring (bicyclic) bond motifs is 1. The fraction of sp³-hybridized carbons (Fsp3) is 0.385. The molecular weight excluding hydrogens is 288 g/mol. The number of hydrogen-bond acceptors (Lipinski definition) is 6. The van der Waals surface area contributed by atoms with Crippen LogP contribution in [0.15, 0.2) is 12.3 Å². The van der Waals surface area contributed by atoms with Crippen molar-refractivity contribution in [2.75, 3.05) is 11.9 Å². The molecule has 22 heavy (non-hydrogen) atoms. The van der Waals surface area contributed by atoms with Crippen molar-refractivity contribution < 1.29 is 14.3 Å². The maximum absolute atomic E-state index is 12.1. The minimum absolute atomic E-state index is 0.259. The van der Waals surface area contributed by atoms with Gasteiger partial charge in [0.15, 0.2) is 11.5 Å². The van der Waals surface area contributed by atoms with Crippen LogP contribution < -0.4 is 16.2 Å². The number of hydrogen-bond donors (Lipinski definition) is 3. The standard InChI is InChI=1S/C13H18N6O3/c1-13(2,3)22-12(21)19(4)10-8-5-7(11(20)16-14)6-15-9(8)17-18-10/h5-6H,14H2,1-4H3,(H,16,20)(H,15,17,18). The number of anilines is 1. The second-order valence-corrected chi connectivity index (χ2v) is 5.68. The number of nitrogen functional groups attached to an aromatic ring is 1. The second kappa shape index (κ2) is 5.60. The molecule has 0 aliphatic carbocycles. The number of pyridine rings is 1. The molecule has 2 aromatic heterocycles. The van der Waals surface area contributed by atoms with Gasteiger partial charge in [0.1, 0.15) is 5.60 Å². The predicted octanol–water partition coefficient (Wildman–Crippen LogP) is 0.933. The third kappa shape index (κ3) is 3.14. The van der Waals surface area contributed by atoms with Gasteiger partial charge in [-0.3, -0.25) is 20.2 Å². The molecule has 2 amide bonds. The Morgan fingerprint density at radius 1 is 1.41 bits per heavy atom. The van der Waals surface area contributed by atoms with Gasteiger partial charge >= 0.3 is 6.09 Å². The number of aromatic nitrogens is 3. The van der Waals surface area contributed by atoms with Crippen LogP contribution in [0.1, 0.15) is 31.1 Å². The van der Waals surface area contributed by atoms with E-state index in [-0.39, 0.29) is 5.56 Å². The van der Waals surface area contributed by atoms with E-state index in [0.29, 0.717) is 16.9 Å². The smallest absolute Gasteiger partial charge is 0.415 e. The summed E-state index contributed by atoms with van der Waals surface area (Å²) in [5.74, 6) is 4.93. The molecule has 0 radical (unpaired) electrons. The summed E-state index contributed by atoms with van der Waals surface area (Å²) >= 11 is 0. The van der Waals surface area contributed by atoms with Gasteiger partial charge < -0.3 is 4.74 Å². The highest BCUT2D eigenvalue weighted by molar-refractivity contribution is 6.01. The molecule has 4 N–H and O–H groups in total. The van der Waals surface area contributed by atoms with Gasteiger partial charge in [-0.1, -0.05) is 0 Å². The topological polar surface area (TPSA) is 126 Å². The lowest BCUT2D eigenvalue weighted by atomic mass is 10.2. The highest BCUT2D eigenvalue weighted by atomic mass is 16.6. The van der Waals surface area contributed by atoms with Crippen molar-refractivity contribution in [3.05, 3.63) is 17.8 Å². The van der Waals surface area contributed by atoms with Crippen molar-refractivity contribution in [3.8, 4) is 0 Å². The van der Waals surface area contributed by atoms with Crippen LogP contribution in [-0.2, 0) is 4.74 Å². The number of nitrogens with one attached hydrogen (secondary N) is 2. The van der Waals surface area contributed by atoms with Crippen LogP contribution in [0.2, 0.25) is 0 Å². The highest BCUT2D eigenvalue weighted by Crippen LogP contribution is 2.24. The fourth-order valence-electron chi connectivity index (χ4n) is 1.77. The van der Waals surface area contributed by atoms with E-state index in [1.807, 2.05) is 5.43 Å². The Morgan fingerprint density at radius 3 is 2.68 bits per heavy atom. The van der Waals surface area contributed by atoms with Gasteiger partial charge in [-0.05, 0) is 26.8 Å². The summed E-state index contributed by atoms with van der Waals surface area (Å²) in [5.41, 5.74) is 2.10. The number of nitrogens with zero attached hydrogens (tertiary/aromatic N) is 3. The monoisotopic (exact) mass is 306 g/mol. The van der Waals surface area contributed by atoms with E-state index in [1.54, 1.807) is 26.8 Å². The first-order chi connectivity index (χ1) is 10.2. The lowest BCUT2D eigenvalue weighted by molar-refractivity contribution is 0.0588. The van der Waals surface area contributed by atoms with Crippen molar-refractivity contribution in [1.29, 1.82) is 0 Å². The zero-order chi connectivity index (χ0) is 16.5. The molecule has 0 saturated carbocycles. The van der Waals surface area contributed by atoms with Crippen LogP contribution in [0.25, 0.3) is 11.0 Å². The Balaban J connectivity index is 2.38. The average Bonchev–Trinajstić information content (AvgIpc) is 2.86. The number of hydrazine groups is 1. The summed E-state index contributed by atoms with van der Waals surface area (Å²) in [6, 6.07) is 1.55. The van der Waals surface area contributed by atoms with Crippen LogP contribution >= 0.6 is 0 Å². The van der Waals surface area contributed by atoms with Gasteiger partial charge in [-0.25, -0.2) is 15.6 Å². The number of carbonyl (C=O) groups is 2. The van der Waals surface area contributed by atoms with Crippen molar-refractivity contribution >= 4 is 28.9 Å². The number of carbonyl (C=O) groups excluding carboxylic acids is 2. The van der Waals surface area contributed by atoms with E-state index in [9.17, 15) is 9.59 Å². The fourth-order valence-corrected chi connectivity index (χ4v) is 1.77. The molecule has 2 aromatic rings. The lowest BCUT2D eigenvalue weighted by Crippen LogP contribution is -2.34. The second-order valence-electron chi connectivity index (χ2n) is 5.68. The van der Waals surface area contributed by atoms with Crippen LogP contribution in [0.3, 0.4) is 0 Å². The summed E-state index contributed by atoms with van der Waals surface area (Å²) in [5, 5.41) is 7.25. The Bertz CT molecular complexity index is 718. The molecule has 0 aliphatic rings. The van der Waals surface area contributed by atoms with Crippen molar-refractivity contribution in [2.45, 2.75) is 26.4 Å². The molecule has 0 saturated heterocycles. The predicted molar refractivity (Wildman–Crippen MR) is 80.2 cm³/mol. The molecule has 0 fully saturated rings. The molecule has 0 spiro atoms. The molecule has 0 bridgehead atoms. The minimum Gasteiger partial charge on any atom is -0.443 e. The average molecular weight is 306 g/mol. The summed E-state index contributed by atoms with van der Waals surface area (Å²) in [6.45, 7) is 5.31. The lowest BCUT2D eigenvalue weighted by Gasteiger charge is -2.23. The van der Waals surface area contributed by atoms with Crippen LogP contribution in [-0.4, -0.2) is 39.8 Å². The van der Waals surface area contributed by atoms with Crippen LogP contribution in [0.4, 0.5) is 10.6 Å². The maximum Gasteiger partial charge on any atom is 0.415 e. The van der Waals surface area contributed by atoms with Gasteiger partial charge in [0, 0.05) is 13.2 Å². The molecule has 118 valence electrons. The zero-order valence-corrected chi connectivity index (χ0v) is 12.8. The molecular formula is C13H18N6O3. The highest BCUT2D eigenvalue weighted by Gasteiger charge is 2.24. The third-order valence-corrected chi connectivity index (χ3v) is 2.77. The third-order valence-electron chi connectivity index (χ3n) is 2.77. The molecule has 9 nitrogen and oxygen atoms in total. The summed E-state index contributed by atoms with van der Waals surface area (Å²) in [6.07, 6.45) is 0.800. The Morgan fingerprint density at radius 2 is 2.09 bits per heavy atom. The van der Waals surface area contributed by atoms with E-state index in [4.69, 9.17) is 10.6 Å². The summed E-state index contributed by atoms with van der Waals surface area (Å²) in [4.78, 5) is 29.0. The first kappa shape index (κ1) is 15.7. The number of aromatic amines is 1. The number of H-pyrrole nitrogens is 1. The molecule has 0 atom stereocenters. The van der Waals surface area contributed by atoms with Crippen LogP contribution in [0, 0.1) is 0 Å². The minimum atomic E-state index is -0.625. The first-order valence-corrected chi connectivity index (χ1v) is 6.54. The van der Waals surface area contributed by atoms with Crippen molar-refractivity contribution in [3.63, 3.8) is 0 Å². The number of rotatable bonds is 2. The first-order valence-electron chi connectivity index (χ1n) is 6.54. The molecule has 0 unspecified atom stereocenters. The van der Waals surface area contributed by atoms with Crippen LogP contribution in [0.5, 0.6) is 0 Å². The number of ether oxygens (including phenoxy) is 1. The Hall–Kier alpha value is -2.68. The molecule has 9 heteroatoms. The van der Waals surface area contributed by atoms with Crippen molar-refractivity contribution in [1.82, 2.24) is 20.6 Å². The van der Waals surface area contributed by atoms with Gasteiger partial charge in [-0.15, -0.1) is 0 Å². The SMILES string of the molecule is CN(C(=O)OC(C)(C)C)c1n[nH]c2ncc(C(=O)NN)cc12. The van der Waals surface area contributed by atoms with Gasteiger partial charge in [0.05, 0.1) is 10.9 Å². The van der Waals surface area contributed by atoms with E-state index >= 15 is 0 Å². The molecule has 0 aromatic carbocycles. The molecule has 0 aliphatic heterocycles. The maximum atomic E-state index is 12.1. The van der Waals surface area contributed by atoms with Gasteiger partial charge in [-0.2, -0.15) is 5.10 Å². The van der Waals surface area contributed by atoms with Crippen molar-refractivity contribution in [2.24, 2.45) is 5.84 Å². The van der Waals surface area contributed by atoms with E-state index in [0.717, 1.165) is 0 Å². The normalized spacial score (nSPS) is 11.3. The summed E-state index contributed by atoms with van der Waals surface area (Å²) < 4.78 is 5.28. The van der Waals surface area contributed by atoms with E-state index < -0.39 is 17.6 Å². The molecule has 2 rings (SSSR count). The largest absolute Gasteiger partial charge is 0.443 e. The number of amides is 2. The van der Waals surface area contributed by atoms with E-state index in [1.165, 1.54) is 18.1 Å². The van der Waals surface area contributed by atoms with Gasteiger partial charge in [0.25, 0.3) is 5.91 Å².